The minimum atomic E-state index is -4.06. The minimum Gasteiger partial charge on any atom is -0.258 e. The maximum Gasteiger partial charge on any atom is 0.289 e. The van der Waals surface area contributed by atoms with Crippen LogP contribution in [0.25, 0.3) is 0 Å². The Morgan fingerprint density at radius 3 is 2.58 bits per heavy atom. The van der Waals surface area contributed by atoms with Gasteiger partial charge in [0.1, 0.15) is 5.02 Å². The summed E-state index contributed by atoms with van der Waals surface area (Å²) in [6.07, 6.45) is 0.711. The average Bonchev–Trinajstić information content (AvgIpc) is 2.84. The summed E-state index contributed by atoms with van der Waals surface area (Å²) in [4.78, 5) is 9.95. The summed E-state index contributed by atoms with van der Waals surface area (Å²) in [5.41, 5.74) is -0.506. The molecule has 8 nitrogen and oxygen atoms in total. The van der Waals surface area contributed by atoms with Crippen molar-refractivity contribution < 1.29 is 21.8 Å². The Morgan fingerprint density at radius 1 is 1.42 bits per heavy atom. The third-order valence-electron chi connectivity index (χ3n) is 3.78. The second-order valence-corrected chi connectivity index (χ2v) is 10.1. The highest BCUT2D eigenvalue weighted by molar-refractivity contribution is 7.92. The minimum absolute atomic E-state index is 0.0613. The van der Waals surface area contributed by atoms with Crippen molar-refractivity contribution in [3.05, 3.63) is 33.3 Å². The van der Waals surface area contributed by atoms with Gasteiger partial charge in [0.05, 0.1) is 21.3 Å². The lowest BCUT2D eigenvalue weighted by atomic mass is 10.2. The summed E-state index contributed by atoms with van der Waals surface area (Å²) < 4.78 is 50.2. The van der Waals surface area contributed by atoms with Gasteiger partial charge in [0.25, 0.3) is 5.69 Å². The monoisotopic (exact) mass is 396 g/mol. The Kier molecular flexibility index (Phi) is 5.53. The number of sulfonamides is 1. The number of nitro groups is 1. The second-order valence-electron chi connectivity index (χ2n) is 5.54. The van der Waals surface area contributed by atoms with Crippen LogP contribution in [-0.2, 0) is 19.9 Å². The van der Waals surface area contributed by atoms with E-state index in [4.69, 9.17) is 11.6 Å². The summed E-state index contributed by atoms with van der Waals surface area (Å²) >= 11 is 5.72. The number of benzene rings is 1. The highest BCUT2D eigenvalue weighted by Gasteiger charge is 2.38. The Morgan fingerprint density at radius 2 is 2.08 bits per heavy atom. The first-order valence-electron chi connectivity index (χ1n) is 7.24. The van der Waals surface area contributed by atoms with Gasteiger partial charge in [-0.25, -0.2) is 16.8 Å². The molecule has 1 aromatic rings. The predicted molar refractivity (Wildman–Crippen MR) is 89.3 cm³/mol. The molecule has 1 fully saturated rings. The molecule has 0 bridgehead atoms. The quantitative estimate of drug-likeness (QED) is 0.535. The van der Waals surface area contributed by atoms with E-state index in [0.29, 0.717) is 6.42 Å². The molecule has 1 aliphatic heterocycles. The zero-order valence-corrected chi connectivity index (χ0v) is 15.3. The molecule has 2 rings (SSSR count). The van der Waals surface area contributed by atoms with Crippen molar-refractivity contribution in [2.45, 2.75) is 30.7 Å². The maximum atomic E-state index is 12.9. The summed E-state index contributed by atoms with van der Waals surface area (Å²) in [7, 11) is -7.33. The average molecular weight is 397 g/mol. The van der Waals surface area contributed by atoms with Gasteiger partial charge in [-0.3, -0.25) is 10.1 Å². The Hall–Kier alpha value is -1.23. The van der Waals surface area contributed by atoms with Crippen LogP contribution >= 0.6 is 11.6 Å². The molecule has 0 radical (unpaired) electrons. The van der Waals surface area contributed by atoms with Gasteiger partial charge < -0.3 is 0 Å². The Labute approximate surface area is 145 Å². The molecule has 1 aliphatic rings. The molecule has 1 saturated heterocycles. The van der Waals surface area contributed by atoms with Crippen LogP contribution in [0.1, 0.15) is 19.8 Å². The van der Waals surface area contributed by atoms with Crippen LogP contribution < -0.4 is 0 Å². The molecule has 0 aromatic heterocycles. The molecule has 0 saturated carbocycles. The first-order chi connectivity index (χ1) is 11.1. The summed E-state index contributed by atoms with van der Waals surface area (Å²) in [5.74, 6) is -0.296. The third-order valence-corrected chi connectivity index (χ3v) is 7.80. The third kappa shape index (κ3) is 3.88. The van der Waals surface area contributed by atoms with Crippen LogP contribution in [0, 0.1) is 10.1 Å². The van der Waals surface area contributed by atoms with E-state index in [9.17, 15) is 26.9 Å². The van der Waals surface area contributed by atoms with E-state index in [0.717, 1.165) is 16.4 Å². The SMILES string of the molecule is CCCN([C@@H]1CCS(=O)(=O)C1)S(=O)(=O)c1ccc(Cl)c([N+](=O)[O-])c1. The van der Waals surface area contributed by atoms with Crippen molar-refractivity contribution >= 4 is 37.1 Å². The molecular formula is C13H17ClN2O6S2. The molecule has 0 spiro atoms. The molecule has 24 heavy (non-hydrogen) atoms. The molecule has 0 N–H and O–H groups in total. The van der Waals surface area contributed by atoms with Crippen molar-refractivity contribution in [1.82, 2.24) is 4.31 Å². The van der Waals surface area contributed by atoms with Crippen LogP contribution in [0.15, 0.2) is 23.1 Å². The van der Waals surface area contributed by atoms with Gasteiger partial charge in [-0.05, 0) is 25.0 Å². The lowest BCUT2D eigenvalue weighted by molar-refractivity contribution is -0.384. The molecule has 1 atom stereocenters. The van der Waals surface area contributed by atoms with E-state index < -0.39 is 36.5 Å². The fraction of sp³-hybridized carbons (Fsp3) is 0.538. The topological polar surface area (TPSA) is 115 Å². The van der Waals surface area contributed by atoms with Crippen LogP contribution in [0.5, 0.6) is 0 Å². The number of sulfone groups is 1. The van der Waals surface area contributed by atoms with Gasteiger partial charge >= 0.3 is 0 Å². The Balaban J connectivity index is 2.46. The normalized spacial score (nSPS) is 20.4. The van der Waals surface area contributed by atoms with Crippen LogP contribution in [0.3, 0.4) is 0 Å². The Bertz CT molecular complexity index is 853. The van der Waals surface area contributed by atoms with Gasteiger partial charge in [-0.15, -0.1) is 0 Å². The van der Waals surface area contributed by atoms with E-state index in [2.05, 4.69) is 0 Å². The summed E-state index contributed by atoms with van der Waals surface area (Å²) in [6.45, 7) is 1.91. The van der Waals surface area contributed by atoms with Gasteiger partial charge in [0, 0.05) is 18.7 Å². The number of rotatable bonds is 6. The molecule has 134 valence electrons. The summed E-state index contributed by atoms with van der Waals surface area (Å²) in [5, 5.41) is 10.8. The van der Waals surface area contributed by atoms with Crippen molar-refractivity contribution in [3.63, 3.8) is 0 Å². The van der Waals surface area contributed by atoms with Gasteiger partial charge in [-0.2, -0.15) is 4.31 Å². The first kappa shape index (κ1) is 19.1. The zero-order valence-electron chi connectivity index (χ0n) is 12.9. The van der Waals surface area contributed by atoms with Crippen LogP contribution in [0.4, 0.5) is 5.69 Å². The van der Waals surface area contributed by atoms with Crippen LogP contribution in [0.2, 0.25) is 5.02 Å². The largest absolute Gasteiger partial charge is 0.289 e. The number of nitro benzene ring substituents is 1. The molecule has 0 aliphatic carbocycles. The highest BCUT2D eigenvalue weighted by atomic mass is 35.5. The van der Waals surface area contributed by atoms with E-state index in [1.54, 1.807) is 6.92 Å². The second kappa shape index (κ2) is 6.95. The van der Waals surface area contributed by atoms with E-state index >= 15 is 0 Å². The lowest BCUT2D eigenvalue weighted by Gasteiger charge is -2.26. The lowest BCUT2D eigenvalue weighted by Crippen LogP contribution is -2.41. The van der Waals surface area contributed by atoms with Gasteiger partial charge in [0.2, 0.25) is 10.0 Å². The predicted octanol–water partition coefficient (Wildman–Crippen LogP) is 1.84. The van der Waals surface area contributed by atoms with Gasteiger partial charge in [-0.1, -0.05) is 18.5 Å². The van der Waals surface area contributed by atoms with E-state index in [-0.39, 0.29) is 34.4 Å². The highest BCUT2D eigenvalue weighted by Crippen LogP contribution is 2.30. The number of hydrogen-bond acceptors (Lipinski definition) is 6. The van der Waals surface area contributed by atoms with Crippen molar-refractivity contribution in [2.75, 3.05) is 18.1 Å². The standard InChI is InChI=1S/C13H17ClN2O6S2/c1-2-6-15(10-5-7-23(19,20)9-10)24(21,22)11-3-4-12(14)13(8-11)16(17)18/h3-4,8,10H,2,5-7,9H2,1H3/t10-/m1/s1. The fourth-order valence-electron chi connectivity index (χ4n) is 2.65. The summed E-state index contributed by atoms with van der Waals surface area (Å²) in [6, 6.07) is 2.59. The number of halogens is 1. The molecule has 0 amide bonds. The maximum absolute atomic E-state index is 12.9. The number of nitrogens with zero attached hydrogens (tertiary/aromatic N) is 2. The smallest absolute Gasteiger partial charge is 0.258 e. The van der Waals surface area contributed by atoms with E-state index in [1.165, 1.54) is 6.07 Å². The first-order valence-corrected chi connectivity index (χ1v) is 10.9. The molecule has 1 aromatic carbocycles. The fourth-order valence-corrected chi connectivity index (χ4v) is 6.43. The van der Waals surface area contributed by atoms with Crippen LogP contribution in [-0.4, -0.2) is 50.2 Å². The van der Waals surface area contributed by atoms with E-state index in [1.807, 2.05) is 0 Å². The van der Waals surface area contributed by atoms with Gasteiger partial charge in [0.15, 0.2) is 9.84 Å². The van der Waals surface area contributed by atoms with Crippen molar-refractivity contribution in [1.29, 1.82) is 0 Å². The molecule has 0 unspecified atom stereocenters. The molecular weight excluding hydrogens is 380 g/mol. The molecule has 11 heteroatoms. The van der Waals surface area contributed by atoms with Crippen molar-refractivity contribution in [2.24, 2.45) is 0 Å². The number of hydrogen-bond donors (Lipinski definition) is 0. The zero-order chi connectivity index (χ0) is 18.1. The van der Waals surface area contributed by atoms with Crippen molar-refractivity contribution in [3.8, 4) is 0 Å². The molecule has 1 heterocycles.